The second-order valence-corrected chi connectivity index (χ2v) is 4.84. The summed E-state index contributed by atoms with van der Waals surface area (Å²) in [5, 5.41) is 0. The van der Waals surface area contributed by atoms with Crippen LogP contribution >= 0.6 is 22.6 Å². The third-order valence-corrected chi connectivity index (χ3v) is 3.27. The quantitative estimate of drug-likeness (QED) is 0.839. The summed E-state index contributed by atoms with van der Waals surface area (Å²) in [6.45, 7) is 0.357. The fourth-order valence-electron chi connectivity index (χ4n) is 1.62. The van der Waals surface area contributed by atoms with Crippen molar-refractivity contribution in [2.45, 2.75) is 6.54 Å². The molecule has 2 rings (SSSR count). The number of para-hydroxylation sites is 1. The Morgan fingerprint density at radius 1 is 1.33 bits per heavy atom. The number of hydrogen-bond donors (Lipinski definition) is 1. The van der Waals surface area contributed by atoms with Gasteiger partial charge >= 0.3 is 5.69 Å². The zero-order valence-corrected chi connectivity index (χ0v) is 11.8. The van der Waals surface area contributed by atoms with Gasteiger partial charge in [-0.25, -0.2) is 4.79 Å². The highest BCUT2D eigenvalue weighted by Gasteiger charge is 2.06. The number of H-pyrrole nitrogens is 1. The summed E-state index contributed by atoms with van der Waals surface area (Å²) in [6.07, 6.45) is 1.54. The van der Waals surface area contributed by atoms with Gasteiger partial charge in [0, 0.05) is 11.8 Å². The van der Waals surface area contributed by atoms with E-state index < -0.39 is 5.69 Å². The molecule has 0 saturated heterocycles. The summed E-state index contributed by atoms with van der Waals surface area (Å²) >= 11 is 1.89. The third-order valence-electron chi connectivity index (χ3n) is 2.50. The first-order valence-electron chi connectivity index (χ1n) is 5.23. The molecule has 0 atom stereocenters. The number of halogens is 1. The molecule has 1 aromatic heterocycles. The summed E-state index contributed by atoms with van der Waals surface area (Å²) in [6, 6.07) is 7.45. The van der Waals surface area contributed by atoms with Gasteiger partial charge in [-0.15, -0.1) is 0 Å². The van der Waals surface area contributed by atoms with E-state index in [-0.39, 0.29) is 5.56 Å². The molecule has 18 heavy (non-hydrogen) atoms. The van der Waals surface area contributed by atoms with Gasteiger partial charge in [-0.05, 0) is 28.7 Å². The Kier molecular flexibility index (Phi) is 3.85. The number of methoxy groups -OCH3 is 1. The molecule has 0 saturated carbocycles. The van der Waals surface area contributed by atoms with Crippen molar-refractivity contribution in [3.05, 3.63) is 60.4 Å². The van der Waals surface area contributed by atoms with Gasteiger partial charge in [-0.2, -0.15) is 0 Å². The van der Waals surface area contributed by atoms with Crippen LogP contribution in [-0.4, -0.2) is 16.7 Å². The number of nitrogens with zero attached hydrogens (tertiary/aromatic N) is 1. The van der Waals surface area contributed by atoms with E-state index in [1.807, 2.05) is 46.9 Å². The van der Waals surface area contributed by atoms with E-state index >= 15 is 0 Å². The number of aromatic nitrogens is 2. The Bertz CT molecular complexity index is 676. The van der Waals surface area contributed by atoms with Gasteiger partial charge in [0.05, 0.1) is 17.2 Å². The largest absolute Gasteiger partial charge is 0.496 e. The van der Waals surface area contributed by atoms with E-state index in [4.69, 9.17) is 4.74 Å². The van der Waals surface area contributed by atoms with Crippen LogP contribution in [-0.2, 0) is 6.54 Å². The number of ether oxygens (including phenoxy) is 1. The van der Waals surface area contributed by atoms with E-state index in [0.717, 1.165) is 5.56 Å². The van der Waals surface area contributed by atoms with Gasteiger partial charge < -0.3 is 4.74 Å². The minimum atomic E-state index is -0.425. The molecular formula is C12H11IN2O3. The first-order valence-corrected chi connectivity index (χ1v) is 6.31. The predicted molar refractivity (Wildman–Crippen MR) is 76.1 cm³/mol. The van der Waals surface area contributed by atoms with E-state index in [1.54, 1.807) is 7.11 Å². The van der Waals surface area contributed by atoms with Crippen LogP contribution in [0.4, 0.5) is 0 Å². The summed E-state index contributed by atoms with van der Waals surface area (Å²) in [5.74, 6) is 0.714. The molecule has 0 aliphatic rings. The molecule has 0 aliphatic heterocycles. The molecule has 1 heterocycles. The van der Waals surface area contributed by atoms with Crippen molar-refractivity contribution in [1.82, 2.24) is 9.55 Å². The fourth-order valence-corrected chi connectivity index (χ4v) is 2.09. The minimum absolute atomic E-state index is 0.357. The maximum absolute atomic E-state index is 11.7. The third kappa shape index (κ3) is 2.63. The van der Waals surface area contributed by atoms with E-state index in [9.17, 15) is 9.59 Å². The molecule has 1 N–H and O–H groups in total. The van der Waals surface area contributed by atoms with Crippen LogP contribution in [0.15, 0.2) is 40.1 Å². The van der Waals surface area contributed by atoms with Gasteiger partial charge in [0.15, 0.2) is 0 Å². The molecule has 0 fully saturated rings. The van der Waals surface area contributed by atoms with Crippen LogP contribution in [0.25, 0.3) is 0 Å². The number of rotatable bonds is 3. The average molecular weight is 358 g/mol. The molecule has 0 radical (unpaired) electrons. The highest BCUT2D eigenvalue weighted by Crippen LogP contribution is 2.17. The lowest BCUT2D eigenvalue weighted by atomic mass is 10.2. The molecule has 0 aliphatic carbocycles. The van der Waals surface area contributed by atoms with Gasteiger partial charge in [0.2, 0.25) is 0 Å². The Balaban J connectivity index is 2.43. The second kappa shape index (κ2) is 5.38. The smallest absolute Gasteiger partial charge is 0.328 e. The van der Waals surface area contributed by atoms with Crippen LogP contribution in [0.3, 0.4) is 0 Å². The van der Waals surface area contributed by atoms with Crippen molar-refractivity contribution in [2.24, 2.45) is 0 Å². The summed E-state index contributed by atoms with van der Waals surface area (Å²) < 4.78 is 7.14. The Hall–Kier alpha value is -1.57. The molecule has 0 amide bonds. The average Bonchev–Trinajstić information content (AvgIpc) is 2.36. The van der Waals surface area contributed by atoms with Crippen LogP contribution in [0.2, 0.25) is 0 Å². The Morgan fingerprint density at radius 2 is 2.06 bits per heavy atom. The van der Waals surface area contributed by atoms with E-state index in [0.29, 0.717) is 15.9 Å². The fraction of sp³-hybridized carbons (Fsp3) is 0.167. The number of benzene rings is 1. The zero-order chi connectivity index (χ0) is 13.1. The van der Waals surface area contributed by atoms with Crippen LogP contribution < -0.4 is 16.0 Å². The number of nitrogens with one attached hydrogen (secondary N) is 1. The van der Waals surface area contributed by atoms with Crippen molar-refractivity contribution in [3.63, 3.8) is 0 Å². The van der Waals surface area contributed by atoms with Crippen molar-refractivity contribution in [1.29, 1.82) is 0 Å². The highest BCUT2D eigenvalue weighted by atomic mass is 127. The first-order chi connectivity index (χ1) is 8.61. The lowest BCUT2D eigenvalue weighted by molar-refractivity contribution is 0.408. The molecule has 0 bridgehead atoms. The maximum Gasteiger partial charge on any atom is 0.328 e. The van der Waals surface area contributed by atoms with Crippen molar-refractivity contribution < 1.29 is 4.74 Å². The SMILES string of the molecule is COc1ccccc1Cn1cc(I)c(=O)[nH]c1=O. The lowest BCUT2D eigenvalue weighted by Crippen LogP contribution is -2.31. The van der Waals surface area contributed by atoms with Crippen LogP contribution in [0.5, 0.6) is 5.75 Å². The predicted octanol–water partition coefficient (Wildman–Crippen LogP) is 1.20. The van der Waals surface area contributed by atoms with Crippen molar-refractivity contribution in [2.75, 3.05) is 7.11 Å². The normalized spacial score (nSPS) is 10.3. The molecule has 94 valence electrons. The monoisotopic (exact) mass is 358 g/mol. The molecule has 0 unspecified atom stereocenters. The minimum Gasteiger partial charge on any atom is -0.496 e. The van der Waals surface area contributed by atoms with E-state index in [2.05, 4.69) is 4.98 Å². The molecule has 5 nitrogen and oxygen atoms in total. The Labute approximate surface area is 117 Å². The first kappa shape index (κ1) is 12.9. The van der Waals surface area contributed by atoms with Gasteiger partial charge in [-0.1, -0.05) is 18.2 Å². The van der Waals surface area contributed by atoms with Gasteiger partial charge in [0.25, 0.3) is 5.56 Å². The molecule has 0 spiro atoms. The van der Waals surface area contributed by atoms with Crippen molar-refractivity contribution >= 4 is 22.6 Å². The van der Waals surface area contributed by atoms with E-state index in [1.165, 1.54) is 10.8 Å². The van der Waals surface area contributed by atoms with Crippen LogP contribution in [0.1, 0.15) is 5.56 Å². The van der Waals surface area contributed by atoms with Gasteiger partial charge in [-0.3, -0.25) is 14.3 Å². The number of aromatic amines is 1. The summed E-state index contributed by atoms with van der Waals surface area (Å²) in [5.41, 5.74) is 0.0909. The standard InChI is InChI=1S/C12H11IN2O3/c1-18-10-5-3-2-4-8(10)6-15-7-9(13)11(16)14-12(15)17/h2-5,7H,6H2,1H3,(H,14,16,17). The lowest BCUT2D eigenvalue weighted by Gasteiger charge is -2.09. The Morgan fingerprint density at radius 3 is 2.78 bits per heavy atom. The summed E-state index contributed by atoms with van der Waals surface area (Å²) in [7, 11) is 1.58. The molecule has 6 heteroatoms. The van der Waals surface area contributed by atoms with Crippen molar-refractivity contribution in [3.8, 4) is 5.75 Å². The number of hydrogen-bond acceptors (Lipinski definition) is 3. The molecule has 2 aromatic rings. The van der Waals surface area contributed by atoms with Gasteiger partial charge in [0.1, 0.15) is 5.75 Å². The summed E-state index contributed by atoms with van der Waals surface area (Å²) in [4.78, 5) is 25.2. The highest BCUT2D eigenvalue weighted by molar-refractivity contribution is 14.1. The maximum atomic E-state index is 11.7. The topological polar surface area (TPSA) is 64.1 Å². The molecular weight excluding hydrogens is 347 g/mol. The van der Waals surface area contributed by atoms with Crippen LogP contribution in [0, 0.1) is 3.57 Å². The zero-order valence-electron chi connectivity index (χ0n) is 9.64. The molecule has 1 aromatic carbocycles. The second-order valence-electron chi connectivity index (χ2n) is 3.68.